The number of nitrogens with two attached hydrogens (primary N) is 1. The summed E-state index contributed by atoms with van der Waals surface area (Å²) in [4.78, 5) is 23.6. The average Bonchev–Trinajstić information content (AvgIpc) is 2.49. The van der Waals surface area contributed by atoms with Gasteiger partial charge < -0.3 is 20.5 Å². The number of hydrogen-bond acceptors (Lipinski definition) is 6. The number of thioether (sulfide) groups is 1. The van der Waals surface area contributed by atoms with Crippen molar-refractivity contribution in [1.82, 2.24) is 5.32 Å². The lowest BCUT2D eigenvalue weighted by Gasteiger charge is -2.22. The van der Waals surface area contributed by atoms with Crippen LogP contribution >= 0.6 is 11.8 Å². The molecule has 1 aromatic rings. The lowest BCUT2D eigenvalue weighted by Crippen LogP contribution is -2.45. The van der Waals surface area contributed by atoms with E-state index in [4.69, 9.17) is 15.2 Å². The van der Waals surface area contributed by atoms with E-state index in [9.17, 15) is 9.59 Å². The third-order valence-corrected chi connectivity index (χ3v) is 4.09. The van der Waals surface area contributed by atoms with Crippen LogP contribution in [0.4, 0.5) is 10.5 Å². The molecule has 0 saturated carbocycles. The van der Waals surface area contributed by atoms with Crippen LogP contribution in [0.1, 0.15) is 26.3 Å². The number of anilines is 1. The van der Waals surface area contributed by atoms with Crippen LogP contribution < -0.4 is 11.1 Å². The molecule has 134 valence electrons. The maximum absolute atomic E-state index is 11.8. The first-order valence-corrected chi connectivity index (χ1v) is 8.87. The zero-order valence-corrected chi connectivity index (χ0v) is 15.4. The van der Waals surface area contributed by atoms with Crippen molar-refractivity contribution in [1.29, 1.82) is 0 Å². The van der Waals surface area contributed by atoms with Gasteiger partial charge >= 0.3 is 12.1 Å². The second-order valence-corrected chi connectivity index (χ2v) is 7.40. The Balaban J connectivity index is 2.47. The highest BCUT2D eigenvalue weighted by Gasteiger charge is 2.24. The third kappa shape index (κ3) is 7.59. The summed E-state index contributed by atoms with van der Waals surface area (Å²) in [6.45, 7) is 5.29. The van der Waals surface area contributed by atoms with Gasteiger partial charge in [-0.15, -0.1) is 0 Å². The average molecular weight is 354 g/mol. The maximum Gasteiger partial charge on any atom is 0.408 e. The minimum atomic E-state index is -0.747. The number of benzene rings is 1. The van der Waals surface area contributed by atoms with E-state index in [1.54, 1.807) is 32.5 Å². The zero-order chi connectivity index (χ0) is 18.2. The Morgan fingerprint density at radius 1 is 1.29 bits per heavy atom. The predicted octanol–water partition coefficient (Wildman–Crippen LogP) is 2.61. The molecule has 7 heteroatoms. The molecule has 0 radical (unpaired) electrons. The summed E-state index contributed by atoms with van der Waals surface area (Å²) in [5.74, 6) is 0.684. The van der Waals surface area contributed by atoms with Gasteiger partial charge in [0.1, 0.15) is 11.6 Å². The van der Waals surface area contributed by atoms with Crippen LogP contribution in [-0.2, 0) is 20.7 Å². The van der Waals surface area contributed by atoms with Gasteiger partial charge in [0.25, 0.3) is 0 Å². The van der Waals surface area contributed by atoms with E-state index in [2.05, 4.69) is 5.32 Å². The van der Waals surface area contributed by atoms with Crippen molar-refractivity contribution in [3.8, 4) is 0 Å². The van der Waals surface area contributed by atoms with Crippen LogP contribution in [0.5, 0.6) is 0 Å². The molecule has 0 aliphatic heterocycles. The highest BCUT2D eigenvalue weighted by molar-refractivity contribution is 7.99. The molecule has 1 atom stereocenters. The SMILES string of the molecule is COC(=O)[C@@H](CSCCc1ccccc1N)NC(=O)OC(C)(C)C. The van der Waals surface area contributed by atoms with Crippen LogP contribution in [0.15, 0.2) is 24.3 Å². The Kier molecular flexibility index (Phi) is 7.91. The van der Waals surface area contributed by atoms with Gasteiger partial charge in [-0.1, -0.05) is 18.2 Å². The fourth-order valence-corrected chi connectivity index (χ4v) is 2.89. The number of carbonyl (C=O) groups is 2. The van der Waals surface area contributed by atoms with Crippen molar-refractivity contribution in [3.63, 3.8) is 0 Å². The molecule has 0 spiro atoms. The van der Waals surface area contributed by atoms with Gasteiger partial charge in [0.2, 0.25) is 0 Å². The van der Waals surface area contributed by atoms with Gasteiger partial charge in [0.15, 0.2) is 0 Å². The van der Waals surface area contributed by atoms with Gasteiger partial charge in [-0.3, -0.25) is 0 Å². The number of methoxy groups -OCH3 is 1. The van der Waals surface area contributed by atoms with E-state index >= 15 is 0 Å². The van der Waals surface area contributed by atoms with Crippen LogP contribution in [0.25, 0.3) is 0 Å². The molecule has 0 aromatic heterocycles. The minimum Gasteiger partial charge on any atom is -0.467 e. The van der Waals surface area contributed by atoms with Gasteiger partial charge in [0, 0.05) is 11.4 Å². The van der Waals surface area contributed by atoms with E-state index in [0.717, 1.165) is 23.4 Å². The van der Waals surface area contributed by atoms with E-state index in [1.165, 1.54) is 7.11 Å². The number of rotatable bonds is 7. The zero-order valence-electron chi connectivity index (χ0n) is 14.6. The molecule has 0 saturated heterocycles. The van der Waals surface area contributed by atoms with Gasteiger partial charge in [-0.05, 0) is 44.6 Å². The minimum absolute atomic E-state index is 0.401. The number of carbonyl (C=O) groups excluding carboxylic acids is 2. The molecule has 0 aliphatic rings. The predicted molar refractivity (Wildman–Crippen MR) is 97.1 cm³/mol. The largest absolute Gasteiger partial charge is 0.467 e. The second-order valence-electron chi connectivity index (χ2n) is 6.25. The molecular formula is C17H26N2O4S. The fraction of sp³-hybridized carbons (Fsp3) is 0.529. The van der Waals surface area contributed by atoms with Crippen molar-refractivity contribution in [2.24, 2.45) is 0 Å². The maximum atomic E-state index is 11.8. The first-order valence-electron chi connectivity index (χ1n) is 7.71. The van der Waals surface area contributed by atoms with Crippen LogP contribution in [0, 0.1) is 0 Å². The molecule has 1 aromatic carbocycles. The molecule has 1 amide bonds. The number of esters is 1. The molecule has 1 rings (SSSR count). The number of amides is 1. The standard InChI is InChI=1S/C17H26N2O4S/c1-17(2,3)23-16(21)19-14(15(20)22-4)11-24-10-9-12-7-5-6-8-13(12)18/h5-8,14H,9-11,18H2,1-4H3,(H,19,21)/t14-/m1/s1. The van der Waals surface area contributed by atoms with Crippen molar-refractivity contribution < 1.29 is 19.1 Å². The van der Waals surface area contributed by atoms with Crippen LogP contribution in [0.2, 0.25) is 0 Å². The van der Waals surface area contributed by atoms with Gasteiger partial charge in [-0.25, -0.2) is 9.59 Å². The van der Waals surface area contributed by atoms with Crippen molar-refractivity contribution in [2.45, 2.75) is 38.8 Å². The normalized spacial score (nSPS) is 12.3. The molecule has 3 N–H and O–H groups in total. The van der Waals surface area contributed by atoms with E-state index in [-0.39, 0.29) is 0 Å². The van der Waals surface area contributed by atoms with Crippen LogP contribution in [-0.4, -0.2) is 42.3 Å². The third-order valence-electron chi connectivity index (χ3n) is 3.03. The summed E-state index contributed by atoms with van der Waals surface area (Å²) in [6, 6.07) is 6.93. The smallest absolute Gasteiger partial charge is 0.408 e. The lowest BCUT2D eigenvalue weighted by atomic mass is 10.1. The summed E-state index contributed by atoms with van der Waals surface area (Å²) in [5, 5.41) is 2.55. The van der Waals surface area contributed by atoms with E-state index in [1.807, 2.05) is 24.3 Å². The van der Waals surface area contributed by atoms with Crippen LogP contribution in [0.3, 0.4) is 0 Å². The quantitative estimate of drug-likeness (QED) is 0.444. The van der Waals surface area contributed by atoms with Crippen molar-refractivity contribution in [3.05, 3.63) is 29.8 Å². The Morgan fingerprint density at radius 3 is 2.54 bits per heavy atom. The number of ether oxygens (including phenoxy) is 2. The summed E-state index contributed by atoms with van der Waals surface area (Å²) < 4.78 is 9.91. The van der Waals surface area contributed by atoms with Crippen molar-refractivity contribution >= 4 is 29.5 Å². The highest BCUT2D eigenvalue weighted by Crippen LogP contribution is 2.15. The number of aryl methyl sites for hydroxylation is 1. The van der Waals surface area contributed by atoms with E-state index < -0.39 is 23.7 Å². The topological polar surface area (TPSA) is 90.6 Å². The Labute approximate surface area is 147 Å². The molecule has 0 aliphatic carbocycles. The molecule has 0 fully saturated rings. The van der Waals surface area contributed by atoms with Crippen molar-refractivity contribution in [2.75, 3.05) is 24.3 Å². The monoisotopic (exact) mass is 354 g/mol. The molecule has 6 nitrogen and oxygen atoms in total. The Morgan fingerprint density at radius 2 is 1.96 bits per heavy atom. The molecule has 24 heavy (non-hydrogen) atoms. The first-order chi connectivity index (χ1) is 11.2. The van der Waals surface area contributed by atoms with Gasteiger partial charge in [0.05, 0.1) is 7.11 Å². The van der Waals surface area contributed by atoms with Gasteiger partial charge in [-0.2, -0.15) is 11.8 Å². The number of alkyl carbamates (subject to hydrolysis) is 1. The fourth-order valence-electron chi connectivity index (χ4n) is 1.91. The highest BCUT2D eigenvalue weighted by atomic mass is 32.2. The summed E-state index contributed by atoms with van der Waals surface area (Å²) in [5.41, 5.74) is 7.11. The summed E-state index contributed by atoms with van der Waals surface area (Å²) in [6.07, 6.45) is 0.156. The molecular weight excluding hydrogens is 328 g/mol. The Bertz CT molecular complexity index is 558. The first kappa shape index (κ1) is 20.2. The molecule has 0 unspecified atom stereocenters. The van der Waals surface area contributed by atoms with E-state index in [0.29, 0.717) is 5.75 Å². The molecule has 0 bridgehead atoms. The number of hydrogen-bond donors (Lipinski definition) is 2. The Hall–Kier alpha value is -1.89. The molecule has 0 heterocycles. The number of para-hydroxylation sites is 1. The second kappa shape index (κ2) is 9.42. The summed E-state index contributed by atoms with van der Waals surface area (Å²) >= 11 is 1.54. The lowest BCUT2D eigenvalue weighted by molar-refractivity contribution is -0.142. The summed E-state index contributed by atoms with van der Waals surface area (Å²) in [7, 11) is 1.29. The number of nitrogen functional groups attached to an aromatic ring is 1. The number of nitrogens with one attached hydrogen (secondary N) is 1.